The molecular formula is C27H29ClN4O6. The number of likely N-dealkylation sites (tertiary alicyclic amines) is 1. The fourth-order valence-corrected chi connectivity index (χ4v) is 4.82. The second-order valence-electron chi connectivity index (χ2n) is 10.4. The van der Waals surface area contributed by atoms with E-state index >= 15 is 0 Å². The van der Waals surface area contributed by atoms with E-state index in [0.29, 0.717) is 71.5 Å². The third-order valence-electron chi connectivity index (χ3n) is 6.50. The summed E-state index contributed by atoms with van der Waals surface area (Å²) in [5.74, 6) is 1.30. The lowest BCUT2D eigenvalue weighted by Crippen LogP contribution is -2.49. The van der Waals surface area contributed by atoms with E-state index in [4.69, 9.17) is 30.5 Å². The molecule has 5 rings (SSSR count). The molecule has 2 aromatic carbocycles. The number of fused-ring (bicyclic) bond motifs is 1. The van der Waals surface area contributed by atoms with Crippen LogP contribution in [-0.4, -0.2) is 65.0 Å². The molecule has 0 radical (unpaired) electrons. The predicted octanol–water partition coefficient (Wildman–Crippen LogP) is 5.81. The number of methoxy groups -OCH3 is 1. The molecule has 3 heterocycles. The Morgan fingerprint density at radius 2 is 1.89 bits per heavy atom. The van der Waals surface area contributed by atoms with Gasteiger partial charge >= 0.3 is 12.2 Å². The number of carbonyl (C=O) groups is 2. The lowest BCUT2D eigenvalue weighted by molar-refractivity contribution is -0.0167. The number of carbonyl (C=O) groups excluding carboxylic acids is 2. The van der Waals surface area contributed by atoms with Gasteiger partial charge in [0.25, 0.3) is 0 Å². The number of amides is 2. The van der Waals surface area contributed by atoms with Crippen molar-refractivity contribution in [3.8, 4) is 17.4 Å². The molecule has 2 amide bonds. The number of aromatic nitrogens is 2. The van der Waals surface area contributed by atoms with Gasteiger partial charge in [-0.05, 0) is 45.0 Å². The summed E-state index contributed by atoms with van der Waals surface area (Å²) in [6.07, 6.45) is 1.55. The smallest absolute Gasteiger partial charge is 0.415 e. The van der Waals surface area contributed by atoms with E-state index < -0.39 is 17.3 Å². The van der Waals surface area contributed by atoms with Crippen molar-refractivity contribution in [3.05, 3.63) is 47.7 Å². The molecule has 11 heteroatoms. The van der Waals surface area contributed by atoms with Crippen LogP contribution in [0.4, 0.5) is 15.3 Å². The summed E-state index contributed by atoms with van der Waals surface area (Å²) in [4.78, 5) is 37.5. The number of hydrogen-bond acceptors (Lipinski definition) is 8. The van der Waals surface area contributed by atoms with Crippen LogP contribution in [0.1, 0.15) is 33.6 Å². The van der Waals surface area contributed by atoms with Crippen LogP contribution in [-0.2, 0) is 9.47 Å². The summed E-state index contributed by atoms with van der Waals surface area (Å²) >= 11 is 6.11. The molecule has 38 heavy (non-hydrogen) atoms. The van der Waals surface area contributed by atoms with Gasteiger partial charge in [-0.25, -0.2) is 19.6 Å². The van der Waals surface area contributed by atoms with Crippen LogP contribution in [0.25, 0.3) is 10.9 Å². The van der Waals surface area contributed by atoms with Gasteiger partial charge in [0.15, 0.2) is 0 Å². The molecule has 0 aliphatic carbocycles. The predicted molar refractivity (Wildman–Crippen MR) is 141 cm³/mol. The van der Waals surface area contributed by atoms with Crippen LogP contribution in [0, 0.1) is 0 Å². The Balaban J connectivity index is 1.40. The second kappa shape index (κ2) is 9.83. The van der Waals surface area contributed by atoms with Crippen LogP contribution in [0.15, 0.2) is 42.7 Å². The molecule has 0 unspecified atom stereocenters. The lowest BCUT2D eigenvalue weighted by atomic mass is 9.91. The molecule has 0 N–H and O–H groups in total. The molecule has 0 bridgehead atoms. The van der Waals surface area contributed by atoms with Gasteiger partial charge in [0, 0.05) is 37.0 Å². The van der Waals surface area contributed by atoms with Crippen molar-refractivity contribution in [1.82, 2.24) is 14.9 Å². The minimum absolute atomic E-state index is 0.314. The van der Waals surface area contributed by atoms with Gasteiger partial charge in [-0.1, -0.05) is 17.7 Å². The third-order valence-corrected chi connectivity index (χ3v) is 6.73. The maximum atomic E-state index is 13.1. The SMILES string of the molecule is COc1cc2ncnc(Oc3cccc(Cl)c3)c2cc1N1CC2(CCN(C(=O)OC(C)(C)C)CC2)OC1=O. The molecule has 1 spiro atoms. The number of piperidine rings is 1. The quantitative estimate of drug-likeness (QED) is 0.408. The van der Waals surface area contributed by atoms with Crippen molar-refractivity contribution >= 4 is 40.4 Å². The van der Waals surface area contributed by atoms with Gasteiger partial charge in [0.2, 0.25) is 5.88 Å². The first kappa shape index (κ1) is 25.8. The molecule has 1 aromatic heterocycles. The monoisotopic (exact) mass is 540 g/mol. The van der Waals surface area contributed by atoms with E-state index in [1.54, 1.807) is 46.2 Å². The summed E-state index contributed by atoms with van der Waals surface area (Å²) in [6.45, 7) is 6.67. The highest BCUT2D eigenvalue weighted by Crippen LogP contribution is 2.42. The van der Waals surface area contributed by atoms with Gasteiger partial charge in [0.05, 0.1) is 30.2 Å². The fraction of sp³-hybridized carbons (Fsp3) is 0.407. The fourth-order valence-electron chi connectivity index (χ4n) is 4.64. The lowest BCUT2D eigenvalue weighted by Gasteiger charge is -2.37. The zero-order valence-electron chi connectivity index (χ0n) is 21.7. The van der Waals surface area contributed by atoms with Crippen molar-refractivity contribution in [2.45, 2.75) is 44.8 Å². The summed E-state index contributed by atoms with van der Waals surface area (Å²) < 4.78 is 23.0. The Morgan fingerprint density at radius 1 is 1.13 bits per heavy atom. The van der Waals surface area contributed by atoms with Crippen LogP contribution in [0.5, 0.6) is 17.4 Å². The summed E-state index contributed by atoms with van der Waals surface area (Å²) in [5.41, 5.74) is -0.190. The van der Waals surface area contributed by atoms with Crippen LogP contribution >= 0.6 is 11.6 Å². The van der Waals surface area contributed by atoms with E-state index in [1.807, 2.05) is 20.8 Å². The van der Waals surface area contributed by atoms with Crippen LogP contribution in [0.2, 0.25) is 5.02 Å². The van der Waals surface area contributed by atoms with Gasteiger partial charge in [-0.3, -0.25) is 4.90 Å². The molecule has 3 aromatic rings. The number of rotatable bonds is 4. The molecule has 0 atom stereocenters. The molecule has 2 aliphatic heterocycles. The number of benzene rings is 2. The maximum Gasteiger partial charge on any atom is 0.415 e. The first-order valence-electron chi connectivity index (χ1n) is 12.3. The highest BCUT2D eigenvalue weighted by Gasteiger charge is 2.49. The summed E-state index contributed by atoms with van der Waals surface area (Å²) in [5, 5.41) is 1.13. The van der Waals surface area contributed by atoms with E-state index in [0.717, 1.165) is 0 Å². The molecule has 2 fully saturated rings. The Hall–Kier alpha value is -3.79. The van der Waals surface area contributed by atoms with Gasteiger partial charge < -0.3 is 23.8 Å². The number of anilines is 1. The first-order valence-corrected chi connectivity index (χ1v) is 12.7. The number of hydrogen-bond donors (Lipinski definition) is 0. The van der Waals surface area contributed by atoms with Gasteiger partial charge in [-0.15, -0.1) is 0 Å². The Labute approximate surface area is 225 Å². The normalized spacial score (nSPS) is 17.0. The zero-order chi connectivity index (χ0) is 27.1. The number of nitrogens with zero attached hydrogens (tertiary/aromatic N) is 4. The first-order chi connectivity index (χ1) is 18.1. The van der Waals surface area contributed by atoms with E-state index in [9.17, 15) is 9.59 Å². The highest BCUT2D eigenvalue weighted by atomic mass is 35.5. The molecule has 200 valence electrons. The number of halogens is 1. The molecule has 2 saturated heterocycles. The molecule has 10 nitrogen and oxygen atoms in total. The standard InChI is InChI=1S/C27H29ClN4O6/c1-26(2,3)37-24(33)31-10-8-27(9-11-31)15-32(25(34)38-27)21-13-19-20(14-22(21)35-4)29-16-30-23(19)36-18-7-5-6-17(28)12-18/h5-7,12-14,16H,8-11,15H2,1-4H3. The van der Waals surface area contributed by atoms with Gasteiger partial charge in [-0.2, -0.15) is 0 Å². The van der Waals surface area contributed by atoms with E-state index in [-0.39, 0.29) is 6.09 Å². The zero-order valence-corrected chi connectivity index (χ0v) is 22.4. The number of ether oxygens (including phenoxy) is 4. The van der Waals surface area contributed by atoms with Crippen molar-refractivity contribution in [1.29, 1.82) is 0 Å². The minimum Gasteiger partial charge on any atom is -0.494 e. The largest absolute Gasteiger partial charge is 0.494 e. The van der Waals surface area contributed by atoms with Crippen molar-refractivity contribution in [2.75, 3.05) is 31.6 Å². The topological polar surface area (TPSA) is 103 Å². The minimum atomic E-state index is -0.719. The van der Waals surface area contributed by atoms with Crippen molar-refractivity contribution < 1.29 is 28.5 Å². The second-order valence-corrected chi connectivity index (χ2v) is 10.8. The average Bonchev–Trinajstić information content (AvgIpc) is 3.18. The molecular weight excluding hydrogens is 512 g/mol. The summed E-state index contributed by atoms with van der Waals surface area (Å²) in [7, 11) is 1.53. The van der Waals surface area contributed by atoms with Crippen LogP contribution < -0.4 is 14.4 Å². The average molecular weight is 541 g/mol. The Morgan fingerprint density at radius 3 is 2.58 bits per heavy atom. The van der Waals surface area contributed by atoms with E-state index in [1.165, 1.54) is 13.4 Å². The highest BCUT2D eigenvalue weighted by molar-refractivity contribution is 6.30. The summed E-state index contributed by atoms with van der Waals surface area (Å²) in [6, 6.07) is 10.5. The van der Waals surface area contributed by atoms with Gasteiger partial charge in [0.1, 0.15) is 29.0 Å². The van der Waals surface area contributed by atoms with Crippen molar-refractivity contribution in [3.63, 3.8) is 0 Å². The van der Waals surface area contributed by atoms with Crippen molar-refractivity contribution in [2.24, 2.45) is 0 Å². The molecule has 2 aliphatic rings. The third kappa shape index (κ3) is 5.26. The Kier molecular flexibility index (Phi) is 6.68. The van der Waals surface area contributed by atoms with E-state index in [2.05, 4.69) is 9.97 Å². The molecule has 0 saturated carbocycles. The Bertz CT molecular complexity index is 1380. The maximum absolute atomic E-state index is 13.1. The van der Waals surface area contributed by atoms with Crippen LogP contribution in [0.3, 0.4) is 0 Å².